The van der Waals surface area contributed by atoms with Crippen LogP contribution in [-0.2, 0) is 11.2 Å². The van der Waals surface area contributed by atoms with Crippen LogP contribution in [0, 0.1) is 0 Å². The average Bonchev–Trinajstić information content (AvgIpc) is 2.20. The standard InChI is InChI=1S/C10H12N2O3S/c11-8(9(13)14)5-6-1-3-7(4-2-6)15-10(12)16/h1-4,8H,5,11H2,(H2,12,16)(H,13,14). The van der Waals surface area contributed by atoms with Crippen molar-refractivity contribution in [1.29, 1.82) is 0 Å². The molecule has 0 aliphatic rings. The Morgan fingerprint density at radius 3 is 2.44 bits per heavy atom. The van der Waals surface area contributed by atoms with Crippen LogP contribution in [0.5, 0.6) is 5.75 Å². The Kier molecular flexibility index (Phi) is 4.21. The number of carboxylic acid groups (broad SMARTS) is 1. The van der Waals surface area contributed by atoms with Crippen molar-refractivity contribution in [3.05, 3.63) is 29.8 Å². The van der Waals surface area contributed by atoms with E-state index in [2.05, 4.69) is 12.2 Å². The van der Waals surface area contributed by atoms with Gasteiger partial charge in [-0.25, -0.2) is 0 Å². The normalized spacial score (nSPS) is 11.8. The van der Waals surface area contributed by atoms with Gasteiger partial charge in [-0.15, -0.1) is 0 Å². The Bertz CT molecular complexity index is 392. The highest BCUT2D eigenvalue weighted by atomic mass is 32.1. The van der Waals surface area contributed by atoms with Gasteiger partial charge in [0.2, 0.25) is 0 Å². The van der Waals surface area contributed by atoms with E-state index in [-0.39, 0.29) is 11.6 Å². The first-order chi connectivity index (χ1) is 7.49. The quantitative estimate of drug-likeness (QED) is 0.653. The maximum Gasteiger partial charge on any atom is 0.320 e. The summed E-state index contributed by atoms with van der Waals surface area (Å²) in [6.45, 7) is 0. The topological polar surface area (TPSA) is 98.6 Å². The van der Waals surface area contributed by atoms with Crippen molar-refractivity contribution in [3.63, 3.8) is 0 Å². The molecule has 86 valence electrons. The largest absolute Gasteiger partial charge is 0.480 e. The van der Waals surface area contributed by atoms with Gasteiger partial charge in [-0.1, -0.05) is 12.1 Å². The molecule has 0 aliphatic heterocycles. The van der Waals surface area contributed by atoms with E-state index in [0.29, 0.717) is 5.75 Å². The first-order valence-electron chi connectivity index (χ1n) is 4.53. The lowest BCUT2D eigenvalue weighted by molar-refractivity contribution is -0.138. The fourth-order valence-electron chi connectivity index (χ4n) is 1.15. The molecule has 1 aromatic carbocycles. The third-order valence-electron chi connectivity index (χ3n) is 1.91. The fourth-order valence-corrected chi connectivity index (χ4v) is 1.25. The molecule has 0 spiro atoms. The Hall–Kier alpha value is -1.66. The van der Waals surface area contributed by atoms with Crippen LogP contribution in [0.15, 0.2) is 24.3 Å². The van der Waals surface area contributed by atoms with Gasteiger partial charge >= 0.3 is 5.97 Å². The van der Waals surface area contributed by atoms with Crippen LogP contribution >= 0.6 is 12.2 Å². The van der Waals surface area contributed by atoms with Crippen molar-refractivity contribution < 1.29 is 14.6 Å². The number of aliphatic carboxylic acids is 1. The van der Waals surface area contributed by atoms with Gasteiger partial charge in [-0.3, -0.25) is 4.79 Å². The average molecular weight is 240 g/mol. The molecule has 0 amide bonds. The summed E-state index contributed by atoms with van der Waals surface area (Å²) in [5.74, 6) is -0.511. The highest BCUT2D eigenvalue weighted by Gasteiger charge is 2.11. The molecule has 16 heavy (non-hydrogen) atoms. The monoisotopic (exact) mass is 240 g/mol. The number of rotatable bonds is 4. The second-order valence-electron chi connectivity index (χ2n) is 3.21. The second-order valence-corrected chi connectivity index (χ2v) is 3.62. The van der Waals surface area contributed by atoms with E-state index >= 15 is 0 Å². The molecule has 0 fully saturated rings. The lowest BCUT2D eigenvalue weighted by Crippen LogP contribution is -2.32. The SMILES string of the molecule is NC(=S)Oc1ccc(CC(N)C(=O)O)cc1. The predicted molar refractivity (Wildman–Crippen MR) is 63.2 cm³/mol. The molecule has 1 atom stereocenters. The van der Waals surface area contributed by atoms with Gasteiger partial charge < -0.3 is 21.3 Å². The van der Waals surface area contributed by atoms with E-state index < -0.39 is 12.0 Å². The number of carbonyl (C=O) groups is 1. The van der Waals surface area contributed by atoms with Gasteiger partial charge in [0.1, 0.15) is 11.8 Å². The molecule has 0 bridgehead atoms. The van der Waals surface area contributed by atoms with Crippen LogP contribution in [-0.4, -0.2) is 22.3 Å². The van der Waals surface area contributed by atoms with Crippen LogP contribution in [0.1, 0.15) is 5.56 Å². The molecule has 1 aromatic rings. The van der Waals surface area contributed by atoms with Crippen LogP contribution in [0.3, 0.4) is 0 Å². The minimum absolute atomic E-state index is 0.0602. The highest BCUT2D eigenvalue weighted by molar-refractivity contribution is 7.80. The molecular formula is C10H12N2O3S. The first kappa shape index (κ1) is 12.4. The zero-order valence-electron chi connectivity index (χ0n) is 8.42. The van der Waals surface area contributed by atoms with E-state index in [1.165, 1.54) is 0 Å². The number of carboxylic acids is 1. The molecule has 5 nitrogen and oxygen atoms in total. The van der Waals surface area contributed by atoms with Gasteiger partial charge in [0.05, 0.1) is 0 Å². The Morgan fingerprint density at radius 1 is 1.44 bits per heavy atom. The number of hydrogen-bond donors (Lipinski definition) is 3. The molecule has 0 aromatic heterocycles. The third kappa shape index (κ3) is 3.84. The summed E-state index contributed by atoms with van der Waals surface area (Å²) < 4.78 is 4.98. The summed E-state index contributed by atoms with van der Waals surface area (Å²) >= 11 is 4.57. The third-order valence-corrected chi connectivity index (χ3v) is 2.00. The van der Waals surface area contributed by atoms with Crippen LogP contribution in [0.2, 0.25) is 0 Å². The molecular weight excluding hydrogens is 228 g/mol. The van der Waals surface area contributed by atoms with Crippen molar-refractivity contribution in [3.8, 4) is 5.75 Å². The zero-order valence-corrected chi connectivity index (χ0v) is 9.24. The predicted octanol–water partition coefficient (Wildman–Crippen LogP) is 0.263. The zero-order chi connectivity index (χ0) is 12.1. The summed E-state index contributed by atoms with van der Waals surface area (Å²) in [4.78, 5) is 10.5. The summed E-state index contributed by atoms with van der Waals surface area (Å²) in [7, 11) is 0. The van der Waals surface area contributed by atoms with Crippen molar-refractivity contribution in [2.45, 2.75) is 12.5 Å². The van der Waals surface area contributed by atoms with E-state index in [1.807, 2.05) is 0 Å². The van der Waals surface area contributed by atoms with Crippen molar-refractivity contribution >= 4 is 23.4 Å². The summed E-state index contributed by atoms with van der Waals surface area (Å²) in [5.41, 5.74) is 11.4. The van der Waals surface area contributed by atoms with E-state index in [0.717, 1.165) is 5.56 Å². The van der Waals surface area contributed by atoms with Crippen molar-refractivity contribution in [1.82, 2.24) is 0 Å². The summed E-state index contributed by atoms with van der Waals surface area (Å²) in [6.07, 6.45) is 0.267. The lowest BCUT2D eigenvalue weighted by Gasteiger charge is -2.07. The smallest absolute Gasteiger partial charge is 0.320 e. The van der Waals surface area contributed by atoms with E-state index in [9.17, 15) is 4.79 Å². The molecule has 5 N–H and O–H groups in total. The van der Waals surface area contributed by atoms with Gasteiger partial charge in [-0.2, -0.15) is 0 Å². The van der Waals surface area contributed by atoms with Crippen LogP contribution < -0.4 is 16.2 Å². The minimum atomic E-state index is -1.02. The van der Waals surface area contributed by atoms with Gasteiger partial charge in [-0.05, 0) is 36.3 Å². The Balaban J connectivity index is 2.64. The molecule has 1 rings (SSSR count). The molecule has 0 saturated carbocycles. The van der Waals surface area contributed by atoms with E-state index in [1.54, 1.807) is 24.3 Å². The van der Waals surface area contributed by atoms with Crippen molar-refractivity contribution in [2.75, 3.05) is 0 Å². The Morgan fingerprint density at radius 2 is 2.00 bits per heavy atom. The number of benzene rings is 1. The minimum Gasteiger partial charge on any atom is -0.480 e. The highest BCUT2D eigenvalue weighted by Crippen LogP contribution is 2.13. The number of thiocarbonyl (C=S) groups is 1. The maximum absolute atomic E-state index is 10.5. The maximum atomic E-state index is 10.5. The Labute approximate surface area is 98.0 Å². The van der Waals surface area contributed by atoms with Crippen molar-refractivity contribution in [2.24, 2.45) is 11.5 Å². The van der Waals surface area contributed by atoms with Gasteiger partial charge in [0.15, 0.2) is 0 Å². The summed E-state index contributed by atoms with van der Waals surface area (Å²) in [5, 5.41) is 8.57. The molecule has 0 heterocycles. The fraction of sp³-hybridized carbons (Fsp3) is 0.200. The van der Waals surface area contributed by atoms with E-state index in [4.69, 9.17) is 21.3 Å². The number of nitrogens with two attached hydrogens (primary N) is 2. The molecule has 6 heteroatoms. The lowest BCUT2D eigenvalue weighted by atomic mass is 10.1. The molecule has 0 saturated heterocycles. The van der Waals surface area contributed by atoms with Crippen LogP contribution in [0.4, 0.5) is 0 Å². The molecule has 0 radical (unpaired) electrons. The molecule has 1 unspecified atom stereocenters. The second kappa shape index (κ2) is 5.43. The van der Waals surface area contributed by atoms with Crippen LogP contribution in [0.25, 0.3) is 0 Å². The van der Waals surface area contributed by atoms with Gasteiger partial charge in [0, 0.05) is 0 Å². The van der Waals surface area contributed by atoms with Gasteiger partial charge in [0.25, 0.3) is 5.17 Å². The first-order valence-corrected chi connectivity index (χ1v) is 4.94. The molecule has 0 aliphatic carbocycles. The number of ether oxygens (including phenoxy) is 1. The summed E-state index contributed by atoms with van der Waals surface area (Å²) in [6, 6.07) is 5.85. The number of hydrogen-bond acceptors (Lipinski definition) is 4.